The number of halogens is 1. The minimum Gasteiger partial charge on any atom is -0.465 e. The second-order valence-corrected chi connectivity index (χ2v) is 7.43. The number of carbonyl (C=O) groups is 1. The summed E-state index contributed by atoms with van der Waals surface area (Å²) in [6.07, 6.45) is 2.95. The molecule has 0 radical (unpaired) electrons. The van der Waals surface area contributed by atoms with Crippen LogP contribution in [0.2, 0.25) is 5.02 Å². The molecule has 0 saturated carbocycles. The number of aromatic nitrogens is 4. The number of hydrogen-bond acceptors (Lipinski definition) is 5. The molecule has 162 valence electrons. The Bertz CT molecular complexity index is 1470. The summed E-state index contributed by atoms with van der Waals surface area (Å²) in [6, 6.07) is 13.7. The maximum atomic E-state index is 13.3. The minimum atomic E-state index is -0.551. The molecule has 32 heavy (non-hydrogen) atoms. The first kappa shape index (κ1) is 21.3. The third kappa shape index (κ3) is 3.65. The summed E-state index contributed by atoms with van der Waals surface area (Å²) in [5.74, 6) is -0.482. The normalized spacial score (nSPS) is 10.9. The van der Waals surface area contributed by atoms with Crippen molar-refractivity contribution < 1.29 is 9.53 Å². The van der Waals surface area contributed by atoms with E-state index in [1.165, 1.54) is 24.1 Å². The van der Waals surface area contributed by atoms with Crippen molar-refractivity contribution in [3.05, 3.63) is 105 Å². The predicted octanol–water partition coefficient (Wildman–Crippen LogP) is 3.02. The molecule has 4 aromatic rings. The Morgan fingerprint density at radius 1 is 1.19 bits per heavy atom. The van der Waals surface area contributed by atoms with Gasteiger partial charge in [-0.2, -0.15) is 0 Å². The van der Waals surface area contributed by atoms with Crippen molar-refractivity contribution in [3.8, 4) is 5.69 Å². The molecule has 2 aromatic heterocycles. The SMILES string of the molecule is C=CCn1c(=O)c2c(ncn2Cc2ccccc2C(=O)OC)n(-c2cccc(Cl)c2)c1=O. The molecule has 0 unspecified atom stereocenters. The van der Waals surface area contributed by atoms with E-state index in [1.54, 1.807) is 53.1 Å². The molecule has 0 N–H and O–H groups in total. The molecule has 0 aliphatic carbocycles. The van der Waals surface area contributed by atoms with E-state index in [9.17, 15) is 14.4 Å². The number of esters is 1. The maximum absolute atomic E-state index is 13.3. The van der Waals surface area contributed by atoms with Gasteiger partial charge in [0.1, 0.15) is 0 Å². The predicted molar refractivity (Wildman–Crippen MR) is 122 cm³/mol. The standard InChI is InChI=1S/C23H19ClN4O4/c1-3-11-27-21(29)19-20(28(23(27)31)17-9-6-8-16(24)12-17)25-14-26(19)13-15-7-4-5-10-18(15)22(30)32-2/h3-10,12,14H,1,11,13H2,2H3. The van der Waals surface area contributed by atoms with Crippen LogP contribution in [0.1, 0.15) is 15.9 Å². The Hall–Kier alpha value is -3.91. The first-order valence-electron chi connectivity index (χ1n) is 9.70. The van der Waals surface area contributed by atoms with Gasteiger partial charge in [-0.05, 0) is 29.8 Å². The fraction of sp³-hybridized carbons (Fsp3) is 0.130. The molecule has 0 bridgehead atoms. The van der Waals surface area contributed by atoms with Crippen molar-refractivity contribution in [2.45, 2.75) is 13.1 Å². The quantitative estimate of drug-likeness (QED) is 0.333. The number of methoxy groups -OCH3 is 1. The van der Waals surface area contributed by atoms with Gasteiger partial charge in [-0.25, -0.2) is 19.1 Å². The Balaban J connectivity index is 1.99. The van der Waals surface area contributed by atoms with Gasteiger partial charge < -0.3 is 9.30 Å². The van der Waals surface area contributed by atoms with Gasteiger partial charge in [-0.3, -0.25) is 9.36 Å². The number of hydrogen-bond donors (Lipinski definition) is 0. The number of carbonyl (C=O) groups excluding carboxylic acids is 1. The van der Waals surface area contributed by atoms with Crippen LogP contribution in [0.15, 0.2) is 77.1 Å². The number of ether oxygens (including phenoxy) is 1. The van der Waals surface area contributed by atoms with Gasteiger partial charge in [0.25, 0.3) is 5.56 Å². The van der Waals surface area contributed by atoms with Crippen LogP contribution >= 0.6 is 11.6 Å². The van der Waals surface area contributed by atoms with Crippen molar-refractivity contribution in [2.75, 3.05) is 7.11 Å². The first-order chi connectivity index (χ1) is 15.5. The van der Waals surface area contributed by atoms with Crippen LogP contribution in [0.4, 0.5) is 0 Å². The summed E-state index contributed by atoms with van der Waals surface area (Å²) in [6.45, 7) is 3.86. The molecule has 0 atom stereocenters. The summed E-state index contributed by atoms with van der Waals surface area (Å²) in [7, 11) is 1.31. The minimum absolute atomic E-state index is 0.0259. The average molecular weight is 451 g/mol. The van der Waals surface area contributed by atoms with Crippen LogP contribution in [-0.2, 0) is 17.8 Å². The molecule has 0 amide bonds. The lowest BCUT2D eigenvalue weighted by Crippen LogP contribution is -2.39. The lowest BCUT2D eigenvalue weighted by Gasteiger charge is -2.13. The molecule has 0 aliphatic rings. The number of benzene rings is 2. The molecule has 0 aliphatic heterocycles. The van der Waals surface area contributed by atoms with Gasteiger partial charge in [-0.1, -0.05) is 41.9 Å². The topological polar surface area (TPSA) is 88.1 Å². The Labute approximate surface area is 187 Å². The summed E-state index contributed by atoms with van der Waals surface area (Å²) < 4.78 is 8.90. The van der Waals surface area contributed by atoms with E-state index < -0.39 is 17.2 Å². The Morgan fingerprint density at radius 3 is 2.69 bits per heavy atom. The highest BCUT2D eigenvalue weighted by Gasteiger charge is 2.20. The maximum Gasteiger partial charge on any atom is 0.338 e. The zero-order valence-electron chi connectivity index (χ0n) is 17.2. The highest BCUT2D eigenvalue weighted by molar-refractivity contribution is 6.30. The zero-order valence-corrected chi connectivity index (χ0v) is 18.0. The third-order valence-electron chi connectivity index (χ3n) is 5.04. The lowest BCUT2D eigenvalue weighted by molar-refractivity contribution is 0.0599. The van der Waals surface area contributed by atoms with Gasteiger partial charge in [0.15, 0.2) is 11.2 Å². The molecular weight excluding hydrogens is 432 g/mol. The summed E-state index contributed by atoms with van der Waals surface area (Å²) in [5.41, 5.74) is 0.858. The molecule has 9 heteroatoms. The highest BCUT2D eigenvalue weighted by atomic mass is 35.5. The zero-order chi connectivity index (χ0) is 22.8. The van der Waals surface area contributed by atoms with E-state index in [0.717, 1.165) is 4.57 Å². The monoisotopic (exact) mass is 450 g/mol. The van der Waals surface area contributed by atoms with Crippen molar-refractivity contribution in [1.82, 2.24) is 18.7 Å². The number of nitrogens with zero attached hydrogens (tertiary/aromatic N) is 4. The first-order valence-corrected chi connectivity index (χ1v) is 10.1. The van der Waals surface area contributed by atoms with Gasteiger partial charge in [0.2, 0.25) is 0 Å². The van der Waals surface area contributed by atoms with Crippen molar-refractivity contribution in [3.63, 3.8) is 0 Å². The summed E-state index contributed by atoms with van der Waals surface area (Å²) >= 11 is 6.13. The molecule has 0 spiro atoms. The van der Waals surface area contributed by atoms with E-state index in [1.807, 2.05) is 0 Å². The van der Waals surface area contributed by atoms with Crippen LogP contribution in [0.25, 0.3) is 16.9 Å². The number of imidazole rings is 1. The summed E-state index contributed by atoms with van der Waals surface area (Å²) in [4.78, 5) is 43.0. The second-order valence-electron chi connectivity index (χ2n) is 7.00. The molecule has 4 rings (SSSR count). The van der Waals surface area contributed by atoms with E-state index in [-0.39, 0.29) is 24.3 Å². The Kier molecular flexibility index (Phi) is 5.79. The molecule has 0 saturated heterocycles. The van der Waals surface area contributed by atoms with E-state index in [0.29, 0.717) is 21.8 Å². The average Bonchev–Trinajstić information content (AvgIpc) is 3.20. The van der Waals surface area contributed by atoms with Crippen LogP contribution in [-0.4, -0.2) is 31.8 Å². The van der Waals surface area contributed by atoms with E-state index in [4.69, 9.17) is 16.3 Å². The Morgan fingerprint density at radius 2 is 1.97 bits per heavy atom. The van der Waals surface area contributed by atoms with E-state index >= 15 is 0 Å². The van der Waals surface area contributed by atoms with Crippen LogP contribution < -0.4 is 11.2 Å². The lowest BCUT2D eigenvalue weighted by atomic mass is 10.1. The van der Waals surface area contributed by atoms with Gasteiger partial charge in [-0.15, -0.1) is 6.58 Å². The largest absolute Gasteiger partial charge is 0.465 e. The van der Waals surface area contributed by atoms with E-state index in [2.05, 4.69) is 11.6 Å². The number of allylic oxidation sites excluding steroid dienone is 1. The van der Waals surface area contributed by atoms with Crippen LogP contribution in [0.5, 0.6) is 0 Å². The molecule has 2 aromatic carbocycles. The fourth-order valence-electron chi connectivity index (χ4n) is 3.59. The van der Waals surface area contributed by atoms with Crippen molar-refractivity contribution in [2.24, 2.45) is 0 Å². The van der Waals surface area contributed by atoms with Crippen LogP contribution in [0, 0.1) is 0 Å². The molecule has 0 fully saturated rings. The van der Waals surface area contributed by atoms with Gasteiger partial charge >= 0.3 is 11.7 Å². The highest BCUT2D eigenvalue weighted by Crippen LogP contribution is 2.19. The van der Waals surface area contributed by atoms with Gasteiger partial charge in [0, 0.05) is 11.6 Å². The fourth-order valence-corrected chi connectivity index (χ4v) is 3.77. The van der Waals surface area contributed by atoms with Crippen molar-refractivity contribution >= 4 is 28.7 Å². The van der Waals surface area contributed by atoms with Crippen LogP contribution in [0.3, 0.4) is 0 Å². The number of rotatable bonds is 6. The smallest absolute Gasteiger partial charge is 0.338 e. The summed E-state index contributed by atoms with van der Waals surface area (Å²) in [5, 5.41) is 0.440. The van der Waals surface area contributed by atoms with Gasteiger partial charge in [0.05, 0.1) is 31.2 Å². The molecular formula is C23H19ClN4O4. The molecule has 8 nitrogen and oxygen atoms in total. The second kappa shape index (κ2) is 8.68. The number of fused-ring (bicyclic) bond motifs is 1. The third-order valence-corrected chi connectivity index (χ3v) is 5.28. The van der Waals surface area contributed by atoms with Crippen molar-refractivity contribution in [1.29, 1.82) is 0 Å². The molecule has 2 heterocycles.